The predicted octanol–water partition coefficient (Wildman–Crippen LogP) is 2.96. The summed E-state index contributed by atoms with van der Waals surface area (Å²) in [6, 6.07) is 7.23. The number of carbonyl (C=O) groups excluding carboxylic acids is 1. The fourth-order valence-electron chi connectivity index (χ4n) is 3.06. The number of thiazole rings is 1. The first-order valence-corrected chi connectivity index (χ1v) is 9.59. The zero-order chi connectivity index (χ0) is 17.8. The van der Waals surface area contributed by atoms with Crippen LogP contribution in [0.4, 0.5) is 5.13 Å². The summed E-state index contributed by atoms with van der Waals surface area (Å²) < 4.78 is 1.65. The largest absolute Gasteiger partial charge is 0.298 e. The minimum atomic E-state index is -0.158. The van der Waals surface area contributed by atoms with E-state index in [1.54, 1.807) is 23.1 Å². The maximum absolute atomic E-state index is 12.4. The Morgan fingerprint density at radius 2 is 1.96 bits per heavy atom. The van der Waals surface area contributed by atoms with Gasteiger partial charge in [-0.25, -0.2) is 14.6 Å². The van der Waals surface area contributed by atoms with Gasteiger partial charge in [-0.2, -0.15) is 5.10 Å². The van der Waals surface area contributed by atoms with E-state index in [-0.39, 0.29) is 5.91 Å². The van der Waals surface area contributed by atoms with Gasteiger partial charge >= 0.3 is 0 Å². The zero-order valence-electron chi connectivity index (χ0n) is 14.3. The Balaban J connectivity index is 1.37. The molecular formula is C18H20N6OS. The number of likely N-dealkylation sites (tertiary alicyclic amines) is 1. The van der Waals surface area contributed by atoms with Crippen LogP contribution in [0.5, 0.6) is 0 Å². The number of rotatable bonds is 5. The third-order valence-electron chi connectivity index (χ3n) is 4.42. The van der Waals surface area contributed by atoms with Crippen molar-refractivity contribution in [3.63, 3.8) is 0 Å². The molecule has 1 aliphatic heterocycles. The average molecular weight is 368 g/mol. The first kappa shape index (κ1) is 16.9. The molecule has 7 nitrogen and oxygen atoms in total. The van der Waals surface area contributed by atoms with Crippen LogP contribution in [0.2, 0.25) is 0 Å². The minimum Gasteiger partial charge on any atom is -0.298 e. The Morgan fingerprint density at radius 3 is 2.69 bits per heavy atom. The topological polar surface area (TPSA) is 75.9 Å². The van der Waals surface area contributed by atoms with Crippen molar-refractivity contribution in [2.75, 3.05) is 18.4 Å². The summed E-state index contributed by atoms with van der Waals surface area (Å²) in [6.07, 6.45) is 6.94. The van der Waals surface area contributed by atoms with E-state index in [4.69, 9.17) is 0 Å². The molecule has 2 aromatic heterocycles. The van der Waals surface area contributed by atoms with Gasteiger partial charge in [-0.05, 0) is 50.2 Å². The van der Waals surface area contributed by atoms with Crippen LogP contribution in [0.1, 0.15) is 35.3 Å². The minimum absolute atomic E-state index is 0.158. The van der Waals surface area contributed by atoms with Crippen molar-refractivity contribution in [1.82, 2.24) is 24.6 Å². The third kappa shape index (κ3) is 3.97. The number of carbonyl (C=O) groups is 1. The molecule has 0 unspecified atom stereocenters. The Morgan fingerprint density at radius 1 is 1.15 bits per heavy atom. The maximum Gasteiger partial charge on any atom is 0.257 e. The standard InChI is InChI=1S/C18H20N6OS/c25-17(14-4-6-16(7-5-14)24-13-19-12-20-24)22-18-21-15(11-26-18)10-23-8-2-1-3-9-23/h4-7,11-13H,1-3,8-10H2,(H,21,22,25). The molecule has 3 aromatic rings. The molecule has 3 heterocycles. The first-order chi connectivity index (χ1) is 12.8. The lowest BCUT2D eigenvalue weighted by atomic mass is 10.1. The molecule has 1 aliphatic rings. The molecule has 0 atom stereocenters. The molecule has 26 heavy (non-hydrogen) atoms. The van der Waals surface area contributed by atoms with Crippen molar-refractivity contribution in [3.8, 4) is 5.69 Å². The van der Waals surface area contributed by atoms with E-state index in [2.05, 4.69) is 25.3 Å². The molecule has 4 rings (SSSR count). The summed E-state index contributed by atoms with van der Waals surface area (Å²) in [6.45, 7) is 3.13. The second-order valence-corrected chi connectivity index (χ2v) is 7.18. The Hall–Kier alpha value is -2.58. The molecule has 0 saturated carbocycles. The van der Waals surface area contributed by atoms with E-state index in [0.717, 1.165) is 31.0 Å². The van der Waals surface area contributed by atoms with Gasteiger partial charge in [-0.15, -0.1) is 11.3 Å². The summed E-state index contributed by atoms with van der Waals surface area (Å²) in [4.78, 5) is 23.3. The molecule has 0 bridgehead atoms. The SMILES string of the molecule is O=C(Nc1nc(CN2CCCCC2)cs1)c1ccc(-n2cncn2)cc1. The monoisotopic (exact) mass is 368 g/mol. The molecule has 1 fully saturated rings. The fraction of sp³-hybridized carbons (Fsp3) is 0.333. The summed E-state index contributed by atoms with van der Waals surface area (Å²) in [7, 11) is 0. The molecule has 8 heteroatoms. The second kappa shape index (κ2) is 7.76. The van der Waals surface area contributed by atoms with Crippen LogP contribution in [0, 0.1) is 0 Å². The molecule has 0 aliphatic carbocycles. The van der Waals surface area contributed by atoms with Crippen molar-refractivity contribution >= 4 is 22.4 Å². The van der Waals surface area contributed by atoms with Gasteiger partial charge in [0, 0.05) is 17.5 Å². The lowest BCUT2D eigenvalue weighted by Crippen LogP contribution is -2.29. The molecule has 1 saturated heterocycles. The van der Waals surface area contributed by atoms with Gasteiger partial charge < -0.3 is 0 Å². The molecule has 0 radical (unpaired) electrons. The zero-order valence-corrected chi connectivity index (χ0v) is 15.2. The highest BCUT2D eigenvalue weighted by atomic mass is 32.1. The third-order valence-corrected chi connectivity index (χ3v) is 5.23. The van der Waals surface area contributed by atoms with Gasteiger partial charge in [0.25, 0.3) is 5.91 Å². The van der Waals surface area contributed by atoms with E-state index in [1.165, 1.54) is 36.9 Å². The van der Waals surface area contributed by atoms with E-state index < -0.39 is 0 Å². The summed E-state index contributed by atoms with van der Waals surface area (Å²) in [5.74, 6) is -0.158. The lowest BCUT2D eigenvalue weighted by molar-refractivity contribution is 0.102. The molecule has 1 amide bonds. The van der Waals surface area contributed by atoms with Crippen LogP contribution in [-0.4, -0.2) is 43.6 Å². The fourth-order valence-corrected chi connectivity index (χ4v) is 3.76. The van der Waals surface area contributed by atoms with E-state index in [9.17, 15) is 4.79 Å². The summed E-state index contributed by atoms with van der Waals surface area (Å²) >= 11 is 1.47. The Kier molecular flexibility index (Phi) is 5.03. The van der Waals surface area contributed by atoms with Crippen LogP contribution in [0.25, 0.3) is 5.69 Å². The molecule has 1 N–H and O–H groups in total. The highest BCUT2D eigenvalue weighted by molar-refractivity contribution is 7.13. The van der Waals surface area contributed by atoms with Gasteiger partial charge in [0.2, 0.25) is 0 Å². The normalized spacial score (nSPS) is 15.1. The van der Waals surface area contributed by atoms with Crippen LogP contribution in [0.15, 0.2) is 42.3 Å². The number of hydrogen-bond acceptors (Lipinski definition) is 6. The van der Waals surface area contributed by atoms with Crippen molar-refractivity contribution in [2.24, 2.45) is 0 Å². The van der Waals surface area contributed by atoms with Gasteiger partial charge in [-0.3, -0.25) is 15.0 Å². The van der Waals surface area contributed by atoms with Gasteiger partial charge in [0.15, 0.2) is 5.13 Å². The number of amides is 1. The van der Waals surface area contributed by atoms with E-state index in [1.807, 2.05) is 17.5 Å². The average Bonchev–Trinajstić information content (AvgIpc) is 3.35. The Bertz CT molecular complexity index is 852. The predicted molar refractivity (Wildman–Crippen MR) is 101 cm³/mol. The highest BCUT2D eigenvalue weighted by Crippen LogP contribution is 2.20. The first-order valence-electron chi connectivity index (χ1n) is 8.71. The number of piperidine rings is 1. The van der Waals surface area contributed by atoms with Crippen molar-refractivity contribution in [1.29, 1.82) is 0 Å². The summed E-state index contributed by atoms with van der Waals surface area (Å²) in [5, 5.41) is 9.62. The number of benzene rings is 1. The smallest absolute Gasteiger partial charge is 0.257 e. The number of hydrogen-bond donors (Lipinski definition) is 1. The van der Waals surface area contributed by atoms with Gasteiger partial charge in [0.05, 0.1) is 11.4 Å². The molecule has 134 valence electrons. The Labute approximate surface area is 155 Å². The van der Waals surface area contributed by atoms with E-state index in [0.29, 0.717) is 10.7 Å². The van der Waals surface area contributed by atoms with Gasteiger partial charge in [0.1, 0.15) is 12.7 Å². The van der Waals surface area contributed by atoms with Gasteiger partial charge in [-0.1, -0.05) is 6.42 Å². The number of nitrogens with zero attached hydrogens (tertiary/aromatic N) is 5. The van der Waals surface area contributed by atoms with Crippen molar-refractivity contribution in [3.05, 3.63) is 53.6 Å². The maximum atomic E-state index is 12.4. The van der Waals surface area contributed by atoms with Crippen molar-refractivity contribution < 1.29 is 4.79 Å². The van der Waals surface area contributed by atoms with E-state index >= 15 is 0 Å². The quantitative estimate of drug-likeness (QED) is 0.749. The van der Waals surface area contributed by atoms with Crippen molar-refractivity contribution in [2.45, 2.75) is 25.8 Å². The summed E-state index contributed by atoms with van der Waals surface area (Å²) in [5.41, 5.74) is 2.47. The number of anilines is 1. The second-order valence-electron chi connectivity index (χ2n) is 6.32. The van der Waals surface area contributed by atoms with Crippen LogP contribution < -0.4 is 5.32 Å². The van der Waals surface area contributed by atoms with Crippen LogP contribution >= 0.6 is 11.3 Å². The highest BCUT2D eigenvalue weighted by Gasteiger charge is 2.14. The number of nitrogens with one attached hydrogen (secondary N) is 1. The van der Waals surface area contributed by atoms with Crippen LogP contribution in [0.3, 0.4) is 0 Å². The molecular weight excluding hydrogens is 348 g/mol. The lowest BCUT2D eigenvalue weighted by Gasteiger charge is -2.25. The molecule has 0 spiro atoms. The molecule has 1 aromatic carbocycles. The number of aromatic nitrogens is 4. The van der Waals surface area contributed by atoms with Crippen LogP contribution in [-0.2, 0) is 6.54 Å².